The molecule has 6 nitrogen and oxygen atoms in total. The van der Waals surface area contributed by atoms with Crippen molar-refractivity contribution in [2.75, 3.05) is 13.2 Å². The quantitative estimate of drug-likeness (QED) is 0.895. The van der Waals surface area contributed by atoms with Gasteiger partial charge in [-0.3, -0.25) is 0 Å². The number of fused-ring (bicyclic) bond motifs is 1. The van der Waals surface area contributed by atoms with Gasteiger partial charge in [0.05, 0.1) is 18.0 Å². The van der Waals surface area contributed by atoms with Crippen LogP contribution in [0.25, 0.3) is 5.69 Å². The maximum atomic E-state index is 9.24. The molecule has 0 unspecified atom stereocenters. The number of benzene rings is 1. The van der Waals surface area contributed by atoms with Crippen molar-refractivity contribution in [3.8, 4) is 17.2 Å². The summed E-state index contributed by atoms with van der Waals surface area (Å²) in [6.45, 7) is 3.03. The normalized spacial score (nSPS) is 13.6. The number of ether oxygens (including phenoxy) is 2. The Labute approximate surface area is 110 Å². The average Bonchev–Trinajstić information content (AvgIpc) is 2.89. The smallest absolute Gasteiger partial charge is 0.163 e. The highest BCUT2D eigenvalue weighted by Gasteiger charge is 2.16. The molecule has 1 N–H and O–H groups in total. The van der Waals surface area contributed by atoms with Crippen LogP contribution in [0.4, 0.5) is 0 Å². The van der Waals surface area contributed by atoms with Crippen molar-refractivity contribution in [1.29, 1.82) is 0 Å². The van der Waals surface area contributed by atoms with Crippen LogP contribution in [0.3, 0.4) is 0 Å². The summed E-state index contributed by atoms with van der Waals surface area (Å²) in [6, 6.07) is 5.65. The standard InChI is InChI=1S/C13H15N3O3/c1-2-11-10(8-17)14-15-16(11)9-3-4-12-13(7-9)19-6-5-18-12/h3-4,7,17H,2,5-6,8H2,1H3. The zero-order valence-electron chi connectivity index (χ0n) is 10.7. The summed E-state index contributed by atoms with van der Waals surface area (Å²) in [5.74, 6) is 1.46. The van der Waals surface area contributed by atoms with E-state index in [9.17, 15) is 5.11 Å². The Hall–Kier alpha value is -2.08. The number of nitrogens with zero attached hydrogens (tertiary/aromatic N) is 3. The van der Waals surface area contributed by atoms with Crippen molar-refractivity contribution in [3.05, 3.63) is 29.6 Å². The molecule has 0 saturated carbocycles. The van der Waals surface area contributed by atoms with Gasteiger partial charge in [-0.2, -0.15) is 0 Å². The van der Waals surface area contributed by atoms with E-state index in [1.165, 1.54) is 0 Å². The van der Waals surface area contributed by atoms with Gasteiger partial charge in [-0.05, 0) is 18.6 Å². The van der Waals surface area contributed by atoms with Crippen LogP contribution in [0.15, 0.2) is 18.2 Å². The van der Waals surface area contributed by atoms with Gasteiger partial charge >= 0.3 is 0 Å². The van der Waals surface area contributed by atoms with E-state index in [0.29, 0.717) is 24.7 Å². The zero-order valence-corrected chi connectivity index (χ0v) is 10.7. The van der Waals surface area contributed by atoms with E-state index in [4.69, 9.17) is 9.47 Å². The lowest BCUT2D eigenvalue weighted by Gasteiger charge is -2.19. The molecule has 1 aliphatic rings. The minimum atomic E-state index is -0.103. The molecule has 0 bridgehead atoms. The van der Waals surface area contributed by atoms with E-state index < -0.39 is 0 Å². The molecule has 19 heavy (non-hydrogen) atoms. The third-order valence-corrected chi connectivity index (χ3v) is 3.10. The second-order valence-electron chi connectivity index (χ2n) is 4.23. The maximum absolute atomic E-state index is 9.24. The van der Waals surface area contributed by atoms with Gasteiger partial charge in [-0.25, -0.2) is 4.68 Å². The first kappa shape index (κ1) is 12.0. The SMILES string of the molecule is CCc1c(CO)nnn1-c1ccc2c(c1)OCCO2. The Morgan fingerprint density at radius 3 is 2.79 bits per heavy atom. The fourth-order valence-electron chi connectivity index (χ4n) is 2.18. The fraction of sp³-hybridized carbons (Fsp3) is 0.385. The van der Waals surface area contributed by atoms with E-state index in [1.54, 1.807) is 4.68 Å². The molecule has 1 aromatic heterocycles. The van der Waals surface area contributed by atoms with Gasteiger partial charge in [0.1, 0.15) is 18.9 Å². The largest absolute Gasteiger partial charge is 0.486 e. The van der Waals surface area contributed by atoms with Crippen molar-refractivity contribution in [2.24, 2.45) is 0 Å². The second kappa shape index (κ2) is 4.89. The summed E-state index contributed by atoms with van der Waals surface area (Å²) in [6.07, 6.45) is 0.747. The van der Waals surface area contributed by atoms with Crippen LogP contribution in [0.2, 0.25) is 0 Å². The number of aliphatic hydroxyl groups is 1. The number of hydrogen-bond acceptors (Lipinski definition) is 5. The van der Waals surface area contributed by atoms with Crippen molar-refractivity contribution in [2.45, 2.75) is 20.0 Å². The van der Waals surface area contributed by atoms with Crippen molar-refractivity contribution < 1.29 is 14.6 Å². The first-order valence-electron chi connectivity index (χ1n) is 6.27. The van der Waals surface area contributed by atoms with Gasteiger partial charge in [0, 0.05) is 6.07 Å². The third-order valence-electron chi connectivity index (χ3n) is 3.10. The summed E-state index contributed by atoms with van der Waals surface area (Å²) < 4.78 is 12.8. The third kappa shape index (κ3) is 2.04. The molecule has 1 aliphatic heterocycles. The van der Waals surface area contributed by atoms with E-state index in [1.807, 2.05) is 25.1 Å². The summed E-state index contributed by atoms with van der Waals surface area (Å²) in [5, 5.41) is 17.3. The van der Waals surface area contributed by atoms with E-state index in [2.05, 4.69) is 10.3 Å². The summed E-state index contributed by atoms with van der Waals surface area (Å²) >= 11 is 0. The summed E-state index contributed by atoms with van der Waals surface area (Å²) in [5.41, 5.74) is 2.37. The molecular formula is C13H15N3O3. The monoisotopic (exact) mass is 261 g/mol. The molecule has 2 heterocycles. The van der Waals surface area contributed by atoms with E-state index >= 15 is 0 Å². The molecule has 0 radical (unpaired) electrons. The lowest BCUT2D eigenvalue weighted by molar-refractivity contribution is 0.171. The highest BCUT2D eigenvalue weighted by atomic mass is 16.6. The molecule has 3 rings (SSSR count). The topological polar surface area (TPSA) is 69.4 Å². The lowest BCUT2D eigenvalue weighted by Crippen LogP contribution is -2.15. The predicted octanol–water partition coefficient (Wildman–Crippen LogP) is 1.09. The first-order chi connectivity index (χ1) is 9.33. The Morgan fingerprint density at radius 1 is 1.26 bits per heavy atom. The van der Waals surface area contributed by atoms with Gasteiger partial charge in [0.2, 0.25) is 0 Å². The Morgan fingerprint density at radius 2 is 2.05 bits per heavy atom. The summed E-state index contributed by atoms with van der Waals surface area (Å²) in [4.78, 5) is 0. The molecule has 0 spiro atoms. The van der Waals surface area contributed by atoms with Crippen LogP contribution in [0, 0.1) is 0 Å². The predicted molar refractivity (Wildman–Crippen MR) is 67.6 cm³/mol. The Balaban J connectivity index is 2.04. The minimum absolute atomic E-state index is 0.103. The van der Waals surface area contributed by atoms with Crippen LogP contribution >= 0.6 is 0 Å². The van der Waals surface area contributed by atoms with Crippen molar-refractivity contribution in [1.82, 2.24) is 15.0 Å². The van der Waals surface area contributed by atoms with E-state index in [-0.39, 0.29) is 6.61 Å². The molecule has 6 heteroatoms. The van der Waals surface area contributed by atoms with Gasteiger partial charge in [0.25, 0.3) is 0 Å². The van der Waals surface area contributed by atoms with Crippen molar-refractivity contribution >= 4 is 0 Å². The molecular weight excluding hydrogens is 246 g/mol. The van der Waals surface area contributed by atoms with Crippen LogP contribution < -0.4 is 9.47 Å². The zero-order chi connectivity index (χ0) is 13.2. The van der Waals surface area contributed by atoms with Crippen molar-refractivity contribution in [3.63, 3.8) is 0 Å². The molecule has 0 fully saturated rings. The second-order valence-corrected chi connectivity index (χ2v) is 4.23. The van der Waals surface area contributed by atoms with Crippen LogP contribution in [-0.2, 0) is 13.0 Å². The highest BCUT2D eigenvalue weighted by Crippen LogP contribution is 2.32. The average molecular weight is 261 g/mol. The molecule has 0 amide bonds. The van der Waals surface area contributed by atoms with Gasteiger partial charge in [-0.15, -0.1) is 5.10 Å². The Bertz CT molecular complexity index is 595. The molecule has 100 valence electrons. The highest BCUT2D eigenvalue weighted by molar-refractivity contribution is 5.49. The fourth-order valence-corrected chi connectivity index (χ4v) is 2.18. The molecule has 0 aliphatic carbocycles. The Kier molecular flexibility index (Phi) is 3.08. The van der Waals surface area contributed by atoms with Crippen LogP contribution in [-0.4, -0.2) is 33.3 Å². The lowest BCUT2D eigenvalue weighted by atomic mass is 10.2. The first-order valence-corrected chi connectivity index (χ1v) is 6.27. The van der Waals surface area contributed by atoms with Crippen LogP contribution in [0.1, 0.15) is 18.3 Å². The number of aliphatic hydroxyl groups excluding tert-OH is 1. The number of rotatable bonds is 3. The molecule has 2 aromatic rings. The van der Waals surface area contributed by atoms with E-state index in [0.717, 1.165) is 23.6 Å². The van der Waals surface area contributed by atoms with Gasteiger partial charge in [0.15, 0.2) is 11.5 Å². The van der Waals surface area contributed by atoms with Crippen LogP contribution in [0.5, 0.6) is 11.5 Å². The number of aromatic nitrogens is 3. The molecule has 0 saturated heterocycles. The summed E-state index contributed by atoms with van der Waals surface area (Å²) in [7, 11) is 0. The minimum Gasteiger partial charge on any atom is -0.486 e. The molecule has 0 atom stereocenters. The van der Waals surface area contributed by atoms with Gasteiger partial charge < -0.3 is 14.6 Å². The molecule has 1 aromatic carbocycles. The maximum Gasteiger partial charge on any atom is 0.163 e. The van der Waals surface area contributed by atoms with Gasteiger partial charge in [-0.1, -0.05) is 12.1 Å². The number of hydrogen-bond donors (Lipinski definition) is 1.